The van der Waals surface area contributed by atoms with E-state index in [4.69, 9.17) is 9.39 Å². The fourth-order valence-electron chi connectivity index (χ4n) is 7.26. The number of carbonyl (C=O) groups excluding carboxylic acids is 2. The van der Waals surface area contributed by atoms with Crippen LogP contribution >= 0.6 is 0 Å². The SMILES string of the molecule is Cc1cc([C@@H]2C[C@@H]3C(=C(COc4ccccc4)C[C@@H]4C(=O)N(c5ccc(Nc6ccccc6)cc5)C(=O)[C@@H]43)B(O)O2)cc(C)c1O. The molecule has 4 aromatic carbocycles. The van der Waals surface area contributed by atoms with Crippen molar-refractivity contribution in [2.75, 3.05) is 16.8 Å². The van der Waals surface area contributed by atoms with E-state index in [0.29, 0.717) is 40.9 Å². The first kappa shape index (κ1) is 29.8. The van der Waals surface area contributed by atoms with Gasteiger partial charge < -0.3 is 24.8 Å². The van der Waals surface area contributed by atoms with E-state index in [9.17, 15) is 19.7 Å². The molecule has 4 atom stereocenters. The van der Waals surface area contributed by atoms with Gasteiger partial charge in [0.15, 0.2) is 0 Å². The van der Waals surface area contributed by atoms with Crippen molar-refractivity contribution in [3.8, 4) is 11.5 Å². The van der Waals surface area contributed by atoms with Crippen LogP contribution in [0.4, 0.5) is 17.1 Å². The van der Waals surface area contributed by atoms with Crippen LogP contribution in [0.2, 0.25) is 0 Å². The number of phenolic OH excluding ortho intramolecular Hbond substituents is 1. The lowest BCUT2D eigenvalue weighted by molar-refractivity contribution is -0.123. The van der Waals surface area contributed by atoms with Crippen molar-refractivity contribution in [1.29, 1.82) is 0 Å². The highest BCUT2D eigenvalue weighted by Gasteiger charge is 2.58. The van der Waals surface area contributed by atoms with Crippen molar-refractivity contribution >= 4 is 36.0 Å². The Labute approximate surface area is 268 Å². The predicted octanol–water partition coefficient (Wildman–Crippen LogP) is 6.44. The molecule has 46 heavy (non-hydrogen) atoms. The number of carbonyl (C=O) groups is 2. The molecule has 2 aliphatic heterocycles. The molecule has 7 rings (SSSR count). The number of hydrogen-bond acceptors (Lipinski definition) is 7. The zero-order valence-corrected chi connectivity index (χ0v) is 25.7. The van der Waals surface area contributed by atoms with Crippen molar-refractivity contribution in [2.45, 2.75) is 32.8 Å². The number of rotatable bonds is 7. The maximum atomic E-state index is 14.3. The summed E-state index contributed by atoms with van der Waals surface area (Å²) in [6.07, 6.45) is 0.163. The fraction of sp³-hybridized carbons (Fsp3) is 0.243. The molecule has 0 radical (unpaired) electrons. The Morgan fingerprint density at radius 2 is 1.50 bits per heavy atom. The normalized spacial score (nSPS) is 22.5. The molecule has 232 valence electrons. The number of para-hydroxylation sites is 2. The van der Waals surface area contributed by atoms with Gasteiger partial charge in [0.1, 0.15) is 18.1 Å². The number of nitrogens with zero attached hydrogens (tertiary/aromatic N) is 1. The van der Waals surface area contributed by atoms with E-state index < -0.39 is 31.0 Å². The Morgan fingerprint density at radius 1 is 0.870 bits per heavy atom. The van der Waals surface area contributed by atoms with Crippen LogP contribution in [0, 0.1) is 31.6 Å². The number of benzene rings is 4. The summed E-state index contributed by atoms with van der Waals surface area (Å²) in [6.45, 7) is 3.82. The van der Waals surface area contributed by atoms with Gasteiger partial charge in [-0.1, -0.05) is 36.4 Å². The third kappa shape index (κ3) is 5.46. The maximum Gasteiger partial charge on any atom is 0.487 e. The van der Waals surface area contributed by atoms with Crippen LogP contribution in [0.5, 0.6) is 11.5 Å². The maximum absolute atomic E-state index is 14.3. The van der Waals surface area contributed by atoms with Gasteiger partial charge in [0.05, 0.1) is 23.6 Å². The zero-order chi connectivity index (χ0) is 31.9. The number of aryl methyl sites for hydroxylation is 2. The molecule has 0 bridgehead atoms. The van der Waals surface area contributed by atoms with Crippen molar-refractivity contribution in [2.24, 2.45) is 17.8 Å². The van der Waals surface area contributed by atoms with Crippen molar-refractivity contribution in [1.82, 2.24) is 0 Å². The van der Waals surface area contributed by atoms with Crippen LogP contribution in [0.1, 0.15) is 35.6 Å². The molecule has 2 amide bonds. The third-order valence-electron chi connectivity index (χ3n) is 9.44. The Bertz CT molecular complexity index is 1790. The summed E-state index contributed by atoms with van der Waals surface area (Å²) in [5.74, 6) is -1.29. The second-order valence-electron chi connectivity index (χ2n) is 12.4. The fourth-order valence-corrected chi connectivity index (χ4v) is 7.26. The first-order valence-electron chi connectivity index (χ1n) is 15.6. The first-order valence-corrected chi connectivity index (χ1v) is 15.6. The molecule has 0 unspecified atom stereocenters. The Hall–Kier alpha value is -4.86. The largest absolute Gasteiger partial charge is 0.507 e. The number of imide groups is 1. The van der Waals surface area contributed by atoms with Gasteiger partial charge in [0.25, 0.3) is 0 Å². The molecule has 2 fully saturated rings. The van der Waals surface area contributed by atoms with Gasteiger partial charge in [-0.05, 0) is 121 Å². The number of phenols is 1. The smallest absolute Gasteiger partial charge is 0.487 e. The second-order valence-corrected chi connectivity index (χ2v) is 12.4. The molecule has 2 heterocycles. The number of anilines is 3. The molecular weight excluding hydrogens is 579 g/mol. The highest BCUT2D eigenvalue weighted by Crippen LogP contribution is 2.52. The molecule has 2 saturated heterocycles. The summed E-state index contributed by atoms with van der Waals surface area (Å²) >= 11 is 0. The summed E-state index contributed by atoms with van der Waals surface area (Å²) in [6, 6.07) is 30.2. The minimum absolute atomic E-state index is 0.170. The lowest BCUT2D eigenvalue weighted by Gasteiger charge is -2.42. The Morgan fingerprint density at radius 3 is 2.17 bits per heavy atom. The summed E-state index contributed by atoms with van der Waals surface area (Å²) in [7, 11) is -1.27. The molecule has 0 aromatic heterocycles. The van der Waals surface area contributed by atoms with Gasteiger partial charge in [-0.15, -0.1) is 0 Å². The first-order chi connectivity index (χ1) is 22.3. The van der Waals surface area contributed by atoms with Crippen LogP contribution in [0.3, 0.4) is 0 Å². The van der Waals surface area contributed by atoms with E-state index in [1.807, 2.05) is 98.8 Å². The molecule has 3 aliphatic rings. The van der Waals surface area contributed by atoms with E-state index in [0.717, 1.165) is 22.5 Å². The summed E-state index contributed by atoms with van der Waals surface area (Å²) in [5, 5.41) is 25.2. The number of nitrogens with one attached hydrogen (secondary N) is 1. The Kier molecular flexibility index (Phi) is 7.88. The minimum Gasteiger partial charge on any atom is -0.507 e. The quantitative estimate of drug-likeness (QED) is 0.163. The molecule has 0 spiro atoms. The van der Waals surface area contributed by atoms with Crippen molar-refractivity contribution in [3.63, 3.8) is 0 Å². The van der Waals surface area contributed by atoms with Gasteiger partial charge in [-0.3, -0.25) is 14.5 Å². The monoisotopic (exact) mass is 614 g/mol. The molecule has 9 heteroatoms. The third-order valence-corrected chi connectivity index (χ3v) is 9.44. The van der Waals surface area contributed by atoms with Gasteiger partial charge in [-0.25, -0.2) is 0 Å². The van der Waals surface area contributed by atoms with Crippen LogP contribution in [0.25, 0.3) is 0 Å². The lowest BCUT2D eigenvalue weighted by Crippen LogP contribution is -2.45. The van der Waals surface area contributed by atoms with Gasteiger partial charge >= 0.3 is 7.12 Å². The second kappa shape index (κ2) is 12.2. The molecular formula is C37H35BN2O6. The topological polar surface area (TPSA) is 108 Å². The predicted molar refractivity (Wildman–Crippen MR) is 177 cm³/mol. The highest BCUT2D eigenvalue weighted by atomic mass is 16.5. The lowest BCUT2D eigenvalue weighted by atomic mass is 9.55. The minimum atomic E-state index is -1.27. The number of allylic oxidation sites excluding steroid dienone is 1. The number of aromatic hydroxyl groups is 1. The average Bonchev–Trinajstić information content (AvgIpc) is 3.32. The van der Waals surface area contributed by atoms with E-state index >= 15 is 0 Å². The molecule has 3 N–H and O–H groups in total. The number of fused-ring (bicyclic) bond motifs is 3. The van der Waals surface area contributed by atoms with Crippen LogP contribution < -0.4 is 15.0 Å². The van der Waals surface area contributed by atoms with E-state index in [1.54, 1.807) is 12.1 Å². The molecule has 4 aromatic rings. The number of ether oxygens (including phenoxy) is 1. The van der Waals surface area contributed by atoms with Crippen LogP contribution in [-0.4, -0.2) is 35.7 Å². The summed E-state index contributed by atoms with van der Waals surface area (Å²) < 4.78 is 12.3. The van der Waals surface area contributed by atoms with E-state index in [2.05, 4.69) is 5.32 Å². The average molecular weight is 615 g/mol. The van der Waals surface area contributed by atoms with Gasteiger partial charge in [-0.2, -0.15) is 0 Å². The standard InChI is InChI=1S/C37H35BN2O6/c1-22-17-24(18-23(2)35(22)41)32-20-30-33-31(19-25(34(30)38(44)46-32)21-45-29-11-7-4-8-12-29)36(42)40(37(33)43)28-15-13-27(14-16-28)39-26-9-5-3-6-10-26/h3-18,30-33,39,41,44H,19-21H2,1-2H3/t30-,31-,32-,33+/m0/s1. The highest BCUT2D eigenvalue weighted by molar-refractivity contribution is 6.53. The molecule has 8 nitrogen and oxygen atoms in total. The van der Waals surface area contributed by atoms with Crippen molar-refractivity contribution in [3.05, 3.63) is 125 Å². The number of hydrogen-bond donors (Lipinski definition) is 3. The summed E-state index contributed by atoms with van der Waals surface area (Å²) in [5.41, 5.74) is 5.92. The van der Waals surface area contributed by atoms with Crippen molar-refractivity contribution < 1.29 is 29.1 Å². The Balaban J connectivity index is 1.21. The van der Waals surface area contributed by atoms with Gasteiger partial charge in [0.2, 0.25) is 11.8 Å². The summed E-state index contributed by atoms with van der Waals surface area (Å²) in [4.78, 5) is 29.6. The number of amides is 2. The van der Waals surface area contributed by atoms with Gasteiger partial charge in [0, 0.05) is 11.4 Å². The van der Waals surface area contributed by atoms with Crippen LogP contribution in [-0.2, 0) is 14.2 Å². The molecule has 1 aliphatic carbocycles. The van der Waals surface area contributed by atoms with Crippen LogP contribution in [0.15, 0.2) is 108 Å². The zero-order valence-electron chi connectivity index (χ0n) is 25.7. The molecule has 0 saturated carbocycles. The van der Waals surface area contributed by atoms with E-state index in [1.165, 1.54) is 4.90 Å². The van der Waals surface area contributed by atoms with E-state index in [-0.39, 0.29) is 24.2 Å².